The minimum atomic E-state index is -0.263. The smallest absolute Gasteiger partial charge is 0.290 e. The van der Waals surface area contributed by atoms with E-state index >= 15 is 0 Å². The number of β-amino-alcohol motifs (C(OH)–C–C–N with tert-alkyl or cyclic N) is 1. The van der Waals surface area contributed by atoms with Crippen molar-refractivity contribution in [1.82, 2.24) is 19.9 Å². The molecule has 0 aliphatic carbocycles. The summed E-state index contributed by atoms with van der Waals surface area (Å²) in [5.41, 5.74) is 0. The number of rotatable bonds is 4. The molecule has 2 N–H and O–H groups in total. The van der Waals surface area contributed by atoms with Crippen LogP contribution in [-0.4, -0.2) is 75.0 Å². The lowest BCUT2D eigenvalue weighted by atomic mass is 10.2. The van der Waals surface area contributed by atoms with Crippen LogP contribution in [0.25, 0.3) is 0 Å². The summed E-state index contributed by atoms with van der Waals surface area (Å²) in [6.45, 7) is 8.32. The fraction of sp³-hybridized carbons (Fsp3) is 0.800. The molecule has 2 atom stereocenters. The predicted octanol–water partition coefficient (Wildman–Crippen LogP) is 0.535. The highest BCUT2D eigenvalue weighted by atomic mass is 16.5. The second-order valence-electron chi connectivity index (χ2n) is 6.38. The van der Waals surface area contributed by atoms with Gasteiger partial charge >= 0.3 is 0 Å². The molecule has 130 valence electrons. The van der Waals surface area contributed by atoms with Crippen molar-refractivity contribution in [1.29, 1.82) is 0 Å². The molecule has 8 nitrogen and oxygen atoms in total. The summed E-state index contributed by atoms with van der Waals surface area (Å²) in [5.74, 6) is 1.70. The van der Waals surface area contributed by atoms with Gasteiger partial charge < -0.3 is 14.7 Å². The number of aliphatic hydroxyl groups excluding tert-OH is 1. The van der Waals surface area contributed by atoms with Crippen molar-refractivity contribution in [3.8, 4) is 0 Å². The van der Waals surface area contributed by atoms with Crippen LogP contribution in [0.15, 0.2) is 4.52 Å². The third-order valence-electron chi connectivity index (χ3n) is 4.30. The average molecular weight is 326 g/mol. The van der Waals surface area contributed by atoms with E-state index in [4.69, 9.17) is 14.4 Å². The highest BCUT2D eigenvalue weighted by molar-refractivity contribution is 5.32. The van der Waals surface area contributed by atoms with Gasteiger partial charge in [-0.2, -0.15) is 4.98 Å². The standard InChI is InChI=1S/C14H24N4O2.CH2O2/c1-10(2)14-15-13(20-16-14)9-17-7-11(12(19)8-17)18-5-3-4-6-18;2-1-3/h10-12,19H,3-9H2,1-2H3;1H,(H,2,3)/t11-,12-;/m0./s1. The van der Waals surface area contributed by atoms with Crippen molar-refractivity contribution < 1.29 is 19.5 Å². The van der Waals surface area contributed by atoms with Gasteiger partial charge in [-0.15, -0.1) is 0 Å². The van der Waals surface area contributed by atoms with Crippen molar-refractivity contribution in [3.05, 3.63) is 11.7 Å². The third kappa shape index (κ3) is 4.73. The van der Waals surface area contributed by atoms with Gasteiger partial charge in [0.05, 0.1) is 12.6 Å². The first kappa shape index (κ1) is 17.8. The van der Waals surface area contributed by atoms with Gasteiger partial charge in [-0.1, -0.05) is 19.0 Å². The highest BCUT2D eigenvalue weighted by Crippen LogP contribution is 2.22. The fourth-order valence-corrected chi connectivity index (χ4v) is 3.17. The van der Waals surface area contributed by atoms with E-state index in [9.17, 15) is 5.11 Å². The van der Waals surface area contributed by atoms with E-state index in [1.807, 2.05) is 0 Å². The topological polar surface area (TPSA) is 103 Å². The van der Waals surface area contributed by atoms with Gasteiger partial charge in [0.1, 0.15) is 0 Å². The molecule has 0 bridgehead atoms. The van der Waals surface area contributed by atoms with Crippen LogP contribution in [0.1, 0.15) is 44.3 Å². The molecule has 2 aliphatic heterocycles. The summed E-state index contributed by atoms with van der Waals surface area (Å²) in [6, 6.07) is 0.269. The van der Waals surface area contributed by atoms with Crippen LogP contribution in [0.4, 0.5) is 0 Å². The molecule has 0 radical (unpaired) electrons. The maximum atomic E-state index is 10.2. The Morgan fingerprint density at radius 2 is 2.00 bits per heavy atom. The van der Waals surface area contributed by atoms with Gasteiger partial charge in [-0.05, 0) is 25.9 Å². The number of aliphatic hydroxyl groups is 1. The van der Waals surface area contributed by atoms with E-state index in [1.165, 1.54) is 12.8 Å². The van der Waals surface area contributed by atoms with E-state index in [0.29, 0.717) is 19.0 Å². The monoisotopic (exact) mass is 326 g/mol. The van der Waals surface area contributed by atoms with Gasteiger partial charge in [-0.3, -0.25) is 14.6 Å². The van der Waals surface area contributed by atoms with E-state index in [1.54, 1.807) is 0 Å². The predicted molar refractivity (Wildman–Crippen MR) is 83.0 cm³/mol. The minimum Gasteiger partial charge on any atom is -0.483 e. The van der Waals surface area contributed by atoms with Gasteiger partial charge in [0.15, 0.2) is 5.82 Å². The summed E-state index contributed by atoms with van der Waals surface area (Å²) in [4.78, 5) is 17.4. The van der Waals surface area contributed by atoms with E-state index < -0.39 is 0 Å². The van der Waals surface area contributed by atoms with Crippen LogP contribution in [0.5, 0.6) is 0 Å². The normalized spacial score (nSPS) is 25.6. The van der Waals surface area contributed by atoms with Gasteiger partial charge in [0.2, 0.25) is 5.89 Å². The fourth-order valence-electron chi connectivity index (χ4n) is 3.17. The zero-order chi connectivity index (χ0) is 16.8. The third-order valence-corrected chi connectivity index (χ3v) is 4.30. The summed E-state index contributed by atoms with van der Waals surface area (Å²) >= 11 is 0. The Morgan fingerprint density at radius 1 is 1.35 bits per heavy atom. The summed E-state index contributed by atoms with van der Waals surface area (Å²) in [7, 11) is 0. The molecule has 1 aromatic rings. The number of hydrogen-bond donors (Lipinski definition) is 2. The molecule has 23 heavy (non-hydrogen) atoms. The first-order chi connectivity index (χ1) is 11.0. The van der Waals surface area contributed by atoms with Crippen molar-refractivity contribution in [3.63, 3.8) is 0 Å². The number of likely N-dealkylation sites (tertiary alicyclic amines) is 2. The van der Waals surface area contributed by atoms with Crippen LogP contribution in [0.3, 0.4) is 0 Å². The number of hydrogen-bond acceptors (Lipinski definition) is 7. The zero-order valence-corrected chi connectivity index (χ0v) is 13.8. The lowest BCUT2D eigenvalue weighted by molar-refractivity contribution is -0.122. The lowest BCUT2D eigenvalue weighted by Gasteiger charge is -2.25. The Bertz CT molecular complexity index is 488. The Balaban J connectivity index is 0.000000595. The van der Waals surface area contributed by atoms with Crippen LogP contribution >= 0.6 is 0 Å². The molecule has 2 aliphatic rings. The average Bonchev–Trinajstić information content (AvgIpc) is 3.21. The summed E-state index contributed by atoms with van der Waals surface area (Å²) in [5, 5.41) is 21.1. The van der Waals surface area contributed by atoms with Gasteiger partial charge in [-0.25, -0.2) is 0 Å². The Hall–Kier alpha value is -1.51. The second-order valence-corrected chi connectivity index (χ2v) is 6.38. The van der Waals surface area contributed by atoms with Crippen molar-refractivity contribution in [2.24, 2.45) is 0 Å². The van der Waals surface area contributed by atoms with E-state index in [0.717, 1.165) is 25.5 Å². The molecule has 8 heteroatoms. The number of carbonyl (C=O) groups is 1. The van der Waals surface area contributed by atoms with Crippen molar-refractivity contribution >= 4 is 6.47 Å². The lowest BCUT2D eigenvalue weighted by Crippen LogP contribution is -2.41. The number of carboxylic acid groups (broad SMARTS) is 1. The molecule has 2 fully saturated rings. The van der Waals surface area contributed by atoms with Crippen LogP contribution < -0.4 is 0 Å². The highest BCUT2D eigenvalue weighted by Gasteiger charge is 2.36. The molecule has 2 saturated heterocycles. The molecular formula is C15H26N4O4. The quantitative estimate of drug-likeness (QED) is 0.773. The summed E-state index contributed by atoms with van der Waals surface area (Å²) in [6.07, 6.45) is 2.25. The van der Waals surface area contributed by atoms with E-state index in [-0.39, 0.29) is 24.5 Å². The van der Waals surface area contributed by atoms with Crippen LogP contribution in [0.2, 0.25) is 0 Å². The summed E-state index contributed by atoms with van der Waals surface area (Å²) < 4.78 is 5.29. The van der Waals surface area contributed by atoms with Crippen molar-refractivity contribution in [2.45, 2.75) is 51.3 Å². The first-order valence-corrected chi connectivity index (χ1v) is 8.10. The Kier molecular flexibility index (Phi) is 6.49. The SMILES string of the molecule is CC(C)c1noc(CN2C[C@H](O)[C@@H](N3CCCC3)C2)n1.O=CO. The molecule has 1 aromatic heterocycles. The molecular weight excluding hydrogens is 300 g/mol. The Labute approximate surface area is 136 Å². The second kappa shape index (κ2) is 8.37. The maximum absolute atomic E-state index is 10.2. The van der Waals surface area contributed by atoms with Crippen LogP contribution in [0, 0.1) is 0 Å². The van der Waals surface area contributed by atoms with E-state index in [2.05, 4.69) is 33.8 Å². The molecule has 0 amide bonds. The molecule has 0 saturated carbocycles. The Morgan fingerprint density at radius 3 is 2.57 bits per heavy atom. The molecule has 0 spiro atoms. The number of aromatic nitrogens is 2. The first-order valence-electron chi connectivity index (χ1n) is 8.10. The van der Waals surface area contributed by atoms with Gasteiger partial charge in [0.25, 0.3) is 6.47 Å². The minimum absolute atomic E-state index is 0.250. The number of nitrogens with zero attached hydrogens (tertiary/aromatic N) is 4. The molecule has 3 heterocycles. The van der Waals surface area contributed by atoms with Crippen molar-refractivity contribution in [2.75, 3.05) is 26.2 Å². The zero-order valence-electron chi connectivity index (χ0n) is 13.8. The largest absolute Gasteiger partial charge is 0.483 e. The molecule has 3 rings (SSSR count). The van der Waals surface area contributed by atoms with Gasteiger partial charge in [0, 0.05) is 25.0 Å². The molecule has 0 aromatic carbocycles. The van der Waals surface area contributed by atoms with Crippen LogP contribution in [-0.2, 0) is 11.3 Å². The maximum Gasteiger partial charge on any atom is 0.290 e. The molecule has 0 unspecified atom stereocenters.